The van der Waals surface area contributed by atoms with Crippen LogP contribution in [-0.2, 0) is 12.8 Å². The van der Waals surface area contributed by atoms with Gasteiger partial charge < -0.3 is 5.73 Å². The first-order chi connectivity index (χ1) is 10.1. The number of aryl methyl sites for hydroxylation is 2. The summed E-state index contributed by atoms with van der Waals surface area (Å²) in [5.74, 6) is -0.600. The predicted octanol–water partition coefficient (Wildman–Crippen LogP) is 3.71. The first-order valence-electron chi connectivity index (χ1n) is 6.66. The van der Waals surface area contributed by atoms with E-state index in [-0.39, 0.29) is 11.4 Å². The lowest BCUT2D eigenvalue weighted by atomic mass is 10.1. The smallest absolute Gasteiger partial charge is 0.166 e. The predicted molar refractivity (Wildman–Crippen MR) is 79.2 cm³/mol. The summed E-state index contributed by atoms with van der Waals surface area (Å²) < 4.78 is 27.2. The second kappa shape index (κ2) is 4.46. The lowest BCUT2D eigenvalue weighted by molar-refractivity contribution is 0.602. The molecule has 0 bridgehead atoms. The molecule has 0 saturated carbocycles. The Hall–Kier alpha value is -2.08. The lowest BCUT2D eigenvalue weighted by Gasteiger charge is -2.05. The van der Waals surface area contributed by atoms with Crippen LogP contribution in [0, 0.1) is 11.6 Å². The molecule has 0 radical (unpaired) electrons. The van der Waals surface area contributed by atoms with Crippen molar-refractivity contribution in [2.75, 3.05) is 5.73 Å². The molecule has 2 aromatic heterocycles. The first-order valence-corrected chi connectivity index (χ1v) is 7.48. The third-order valence-corrected chi connectivity index (χ3v) is 4.95. The van der Waals surface area contributed by atoms with Crippen LogP contribution in [0.4, 0.5) is 14.6 Å². The maximum Gasteiger partial charge on any atom is 0.166 e. The zero-order valence-corrected chi connectivity index (χ0v) is 11.8. The highest BCUT2D eigenvalue weighted by molar-refractivity contribution is 7.19. The molecule has 1 aliphatic carbocycles. The number of nitrogen functional groups attached to an aromatic ring is 1. The average Bonchev–Trinajstić information content (AvgIpc) is 3.01. The summed E-state index contributed by atoms with van der Waals surface area (Å²) in [5, 5.41) is 0.882. The summed E-state index contributed by atoms with van der Waals surface area (Å²) >= 11 is 1.57. The molecule has 106 valence electrons. The fraction of sp³-hybridized carbons (Fsp3) is 0.200. The zero-order chi connectivity index (χ0) is 14.6. The summed E-state index contributed by atoms with van der Waals surface area (Å²) in [6.45, 7) is 0. The molecule has 1 aromatic carbocycles. The largest absolute Gasteiger partial charge is 0.383 e. The molecule has 0 fully saturated rings. The number of fused-ring (bicyclic) bond motifs is 3. The van der Waals surface area contributed by atoms with Gasteiger partial charge in [-0.1, -0.05) is 0 Å². The summed E-state index contributed by atoms with van der Waals surface area (Å²) in [7, 11) is 0. The number of benzene rings is 1. The van der Waals surface area contributed by atoms with Crippen molar-refractivity contribution in [3.63, 3.8) is 0 Å². The second-order valence-electron chi connectivity index (χ2n) is 5.09. The Morgan fingerprint density at radius 1 is 1.14 bits per heavy atom. The SMILES string of the molecule is Nc1nc(-c2cc(F)ccc2F)nc2sc3c(c12)CCC3. The van der Waals surface area contributed by atoms with Crippen LogP contribution >= 0.6 is 11.3 Å². The molecule has 3 aromatic rings. The molecule has 6 heteroatoms. The fourth-order valence-corrected chi connectivity index (χ4v) is 4.08. The molecule has 0 aliphatic heterocycles. The van der Waals surface area contributed by atoms with Gasteiger partial charge in [-0.25, -0.2) is 18.7 Å². The van der Waals surface area contributed by atoms with E-state index in [1.54, 1.807) is 11.3 Å². The van der Waals surface area contributed by atoms with Crippen LogP contribution in [0.5, 0.6) is 0 Å². The van der Waals surface area contributed by atoms with Crippen LogP contribution in [0.3, 0.4) is 0 Å². The van der Waals surface area contributed by atoms with Gasteiger partial charge in [0.15, 0.2) is 5.82 Å². The summed E-state index contributed by atoms with van der Waals surface area (Å²) in [6.07, 6.45) is 3.13. The van der Waals surface area contributed by atoms with E-state index in [1.165, 1.54) is 10.4 Å². The minimum atomic E-state index is -0.556. The standard InChI is InChI=1S/C15H11F2N3S/c16-7-4-5-10(17)9(6-7)14-19-13(18)12-8-2-1-3-11(8)21-15(12)20-14/h4-6H,1-3H2,(H2,18,19,20). The average molecular weight is 303 g/mol. The van der Waals surface area contributed by atoms with E-state index >= 15 is 0 Å². The van der Waals surface area contributed by atoms with Crippen molar-refractivity contribution in [1.29, 1.82) is 0 Å². The van der Waals surface area contributed by atoms with Gasteiger partial charge in [0.2, 0.25) is 0 Å². The summed E-state index contributed by atoms with van der Waals surface area (Å²) in [4.78, 5) is 10.6. The Morgan fingerprint density at radius 3 is 2.86 bits per heavy atom. The van der Waals surface area contributed by atoms with E-state index in [9.17, 15) is 8.78 Å². The normalized spacial score (nSPS) is 13.8. The van der Waals surface area contributed by atoms with Crippen LogP contribution in [0.1, 0.15) is 16.9 Å². The Balaban J connectivity index is 1.97. The molecule has 1 aliphatic rings. The van der Waals surface area contributed by atoms with E-state index in [0.29, 0.717) is 5.82 Å². The van der Waals surface area contributed by atoms with Crippen LogP contribution < -0.4 is 5.73 Å². The van der Waals surface area contributed by atoms with Crippen LogP contribution in [0.15, 0.2) is 18.2 Å². The maximum absolute atomic E-state index is 13.9. The fourth-order valence-electron chi connectivity index (χ4n) is 2.81. The second-order valence-corrected chi connectivity index (χ2v) is 6.18. The van der Waals surface area contributed by atoms with E-state index < -0.39 is 11.6 Å². The van der Waals surface area contributed by atoms with Crippen molar-refractivity contribution in [2.45, 2.75) is 19.3 Å². The van der Waals surface area contributed by atoms with Crippen LogP contribution in [0.25, 0.3) is 21.6 Å². The molecule has 0 unspecified atom stereocenters. The van der Waals surface area contributed by atoms with Crippen molar-refractivity contribution in [2.24, 2.45) is 0 Å². The van der Waals surface area contributed by atoms with E-state index in [0.717, 1.165) is 47.7 Å². The molecule has 4 rings (SSSR count). The first kappa shape index (κ1) is 12.6. The number of thiophene rings is 1. The Kier molecular flexibility index (Phi) is 2.68. The highest BCUT2D eigenvalue weighted by Crippen LogP contribution is 2.39. The number of halogens is 2. The molecule has 0 amide bonds. The van der Waals surface area contributed by atoms with Crippen molar-refractivity contribution >= 4 is 27.4 Å². The quantitative estimate of drug-likeness (QED) is 0.745. The Labute approximate surface area is 123 Å². The topological polar surface area (TPSA) is 51.8 Å². The van der Waals surface area contributed by atoms with Gasteiger partial charge >= 0.3 is 0 Å². The Bertz CT molecular complexity index is 873. The molecular weight excluding hydrogens is 292 g/mol. The molecule has 21 heavy (non-hydrogen) atoms. The monoisotopic (exact) mass is 303 g/mol. The third-order valence-electron chi connectivity index (χ3n) is 3.76. The summed E-state index contributed by atoms with van der Waals surface area (Å²) in [6, 6.07) is 3.24. The van der Waals surface area contributed by atoms with Crippen molar-refractivity contribution in [3.8, 4) is 11.4 Å². The Morgan fingerprint density at radius 2 is 2.00 bits per heavy atom. The van der Waals surface area contributed by atoms with Crippen LogP contribution in [-0.4, -0.2) is 9.97 Å². The van der Waals surface area contributed by atoms with Gasteiger partial charge in [0.25, 0.3) is 0 Å². The van der Waals surface area contributed by atoms with Gasteiger partial charge in [0, 0.05) is 4.88 Å². The van der Waals surface area contributed by atoms with Gasteiger partial charge in [-0.15, -0.1) is 11.3 Å². The lowest BCUT2D eigenvalue weighted by Crippen LogP contribution is -1.99. The van der Waals surface area contributed by atoms with E-state index in [2.05, 4.69) is 9.97 Å². The van der Waals surface area contributed by atoms with Crippen molar-refractivity contribution < 1.29 is 8.78 Å². The number of rotatable bonds is 1. The maximum atomic E-state index is 13.9. The molecular formula is C15H11F2N3S. The van der Waals surface area contributed by atoms with Gasteiger partial charge in [-0.05, 0) is 43.0 Å². The zero-order valence-electron chi connectivity index (χ0n) is 11.0. The van der Waals surface area contributed by atoms with Gasteiger partial charge in [0.05, 0.1) is 10.9 Å². The van der Waals surface area contributed by atoms with Gasteiger partial charge in [0.1, 0.15) is 22.3 Å². The number of nitrogens with two attached hydrogens (primary N) is 1. The van der Waals surface area contributed by atoms with Gasteiger partial charge in [-0.3, -0.25) is 0 Å². The van der Waals surface area contributed by atoms with E-state index in [1.807, 2.05) is 0 Å². The number of aromatic nitrogens is 2. The van der Waals surface area contributed by atoms with E-state index in [4.69, 9.17) is 5.73 Å². The number of nitrogens with zero attached hydrogens (tertiary/aromatic N) is 2. The molecule has 2 N–H and O–H groups in total. The van der Waals surface area contributed by atoms with Crippen molar-refractivity contribution in [1.82, 2.24) is 9.97 Å². The van der Waals surface area contributed by atoms with Gasteiger partial charge in [-0.2, -0.15) is 0 Å². The highest BCUT2D eigenvalue weighted by Gasteiger charge is 2.22. The molecule has 2 heterocycles. The van der Waals surface area contributed by atoms with Crippen LogP contribution in [0.2, 0.25) is 0 Å². The molecule has 3 nitrogen and oxygen atoms in total. The third kappa shape index (κ3) is 1.90. The van der Waals surface area contributed by atoms with Crippen molar-refractivity contribution in [3.05, 3.63) is 40.3 Å². The highest BCUT2D eigenvalue weighted by atomic mass is 32.1. The number of hydrogen-bond acceptors (Lipinski definition) is 4. The number of hydrogen-bond donors (Lipinski definition) is 1. The molecule has 0 atom stereocenters. The molecule has 0 spiro atoms. The number of anilines is 1. The summed E-state index contributed by atoms with van der Waals surface area (Å²) in [5.41, 5.74) is 7.30. The minimum Gasteiger partial charge on any atom is -0.383 e. The molecule has 0 saturated heterocycles. The minimum absolute atomic E-state index is 0.0390.